The first-order valence-corrected chi connectivity index (χ1v) is 16.7. The highest BCUT2D eigenvalue weighted by Gasteiger charge is 2.41. The molecule has 12 heteroatoms. The lowest BCUT2D eigenvalue weighted by atomic mass is 9.89. The van der Waals surface area contributed by atoms with Crippen LogP contribution in [-0.4, -0.2) is 50.8 Å². The highest BCUT2D eigenvalue weighted by Crippen LogP contribution is 2.37. The van der Waals surface area contributed by atoms with Gasteiger partial charge >= 0.3 is 12.3 Å². The number of anilines is 1. The van der Waals surface area contributed by atoms with Gasteiger partial charge in [-0.05, 0) is 69.2 Å². The van der Waals surface area contributed by atoms with Gasteiger partial charge in [0.2, 0.25) is 0 Å². The molecule has 3 aromatic carbocycles. The Labute approximate surface area is 291 Å². The Balaban J connectivity index is 0.000000261. The number of amides is 3. The normalized spacial score (nSPS) is 16.6. The number of para-hydroxylation sites is 1. The van der Waals surface area contributed by atoms with Gasteiger partial charge in [0, 0.05) is 36.7 Å². The Kier molecular flexibility index (Phi) is 11.8. The van der Waals surface area contributed by atoms with Gasteiger partial charge in [-0.3, -0.25) is 19.4 Å². The van der Waals surface area contributed by atoms with Gasteiger partial charge in [0.25, 0.3) is 11.8 Å². The lowest BCUT2D eigenvalue weighted by Crippen LogP contribution is -2.54. The number of hydrogen-bond donors (Lipinski definition) is 1. The summed E-state index contributed by atoms with van der Waals surface area (Å²) in [5.41, 5.74) is 2.49. The predicted molar refractivity (Wildman–Crippen MR) is 186 cm³/mol. The van der Waals surface area contributed by atoms with Crippen molar-refractivity contribution in [2.75, 3.05) is 11.4 Å². The van der Waals surface area contributed by atoms with Crippen LogP contribution < -0.4 is 10.2 Å². The molecule has 0 bridgehead atoms. The summed E-state index contributed by atoms with van der Waals surface area (Å²) >= 11 is 0. The fourth-order valence-electron chi connectivity index (χ4n) is 5.71. The molecule has 1 N–H and O–H groups in total. The molecule has 0 saturated heterocycles. The third kappa shape index (κ3) is 8.53. The van der Waals surface area contributed by atoms with Gasteiger partial charge < -0.3 is 10.1 Å². The quantitative estimate of drug-likeness (QED) is 0.233. The summed E-state index contributed by atoms with van der Waals surface area (Å²) in [7, 11) is 0. The van der Waals surface area contributed by atoms with E-state index < -0.39 is 35.2 Å². The number of alkyl halides is 3. The number of benzene rings is 3. The van der Waals surface area contributed by atoms with Crippen molar-refractivity contribution in [3.8, 4) is 5.69 Å². The molecule has 0 saturated carbocycles. The molecular weight excluding hydrogens is 647 g/mol. The summed E-state index contributed by atoms with van der Waals surface area (Å²) in [4.78, 5) is 41.1. The highest BCUT2D eigenvalue weighted by molar-refractivity contribution is 6.04. The van der Waals surface area contributed by atoms with E-state index in [4.69, 9.17) is 4.74 Å². The van der Waals surface area contributed by atoms with Gasteiger partial charge in [-0.2, -0.15) is 18.3 Å². The fraction of sp³-hybridized carbons (Fsp3) is 0.368. The zero-order valence-electron chi connectivity index (χ0n) is 29.4. The maximum atomic E-state index is 13.3. The molecule has 0 spiro atoms. The van der Waals surface area contributed by atoms with Crippen molar-refractivity contribution in [2.24, 2.45) is 0 Å². The summed E-state index contributed by atoms with van der Waals surface area (Å²) in [6.07, 6.45) is -3.14. The van der Waals surface area contributed by atoms with E-state index in [0.717, 1.165) is 23.4 Å². The van der Waals surface area contributed by atoms with Crippen molar-refractivity contribution in [3.63, 3.8) is 0 Å². The zero-order chi connectivity index (χ0) is 36.8. The van der Waals surface area contributed by atoms with Gasteiger partial charge in [-0.15, -0.1) is 0 Å². The van der Waals surface area contributed by atoms with Gasteiger partial charge in [0.15, 0.2) is 0 Å². The Morgan fingerprint density at radius 2 is 1.52 bits per heavy atom. The molecule has 2 aliphatic heterocycles. The van der Waals surface area contributed by atoms with Crippen LogP contribution in [0.4, 0.5) is 23.8 Å². The van der Waals surface area contributed by atoms with Crippen molar-refractivity contribution in [1.29, 1.82) is 0 Å². The first kappa shape index (κ1) is 37.7. The Morgan fingerprint density at radius 3 is 2.08 bits per heavy atom. The van der Waals surface area contributed by atoms with E-state index in [0.29, 0.717) is 25.5 Å². The van der Waals surface area contributed by atoms with E-state index in [2.05, 4.69) is 22.5 Å². The number of halogens is 3. The van der Waals surface area contributed by atoms with Gasteiger partial charge in [0.1, 0.15) is 17.5 Å². The van der Waals surface area contributed by atoms with Crippen molar-refractivity contribution in [3.05, 3.63) is 113 Å². The molecule has 266 valence electrons. The second kappa shape index (κ2) is 15.6. The van der Waals surface area contributed by atoms with Gasteiger partial charge in [-0.25, -0.2) is 9.48 Å². The Morgan fingerprint density at radius 1 is 0.920 bits per heavy atom. The third-order valence-corrected chi connectivity index (χ3v) is 8.10. The minimum atomic E-state index is -4.57. The van der Waals surface area contributed by atoms with Crippen LogP contribution >= 0.6 is 0 Å². The van der Waals surface area contributed by atoms with Crippen LogP contribution in [0.2, 0.25) is 0 Å². The molecule has 0 fully saturated rings. The number of hydrogen-bond acceptors (Lipinski definition) is 5. The van der Waals surface area contributed by atoms with Crippen molar-refractivity contribution < 1.29 is 32.3 Å². The van der Waals surface area contributed by atoms with Crippen molar-refractivity contribution >= 4 is 23.7 Å². The van der Waals surface area contributed by atoms with Gasteiger partial charge in [-0.1, -0.05) is 69.3 Å². The van der Waals surface area contributed by atoms with Crippen LogP contribution in [0.15, 0.2) is 85.1 Å². The molecule has 9 nitrogen and oxygen atoms in total. The fourth-order valence-corrected chi connectivity index (χ4v) is 5.71. The standard InChI is InChI=1S/C23H21F3N4O2.C13H17NO2.C2H6/c1-3-29-21-18(13-27-30(21)17-10-5-4-6-11-17)14(2)19(22(29)32)28-20(31)15-8-7-9-16(12-15)23(24,25)26;1-13(2,3)16-12(15)14-8-10-6-4-5-7-11(10)9-14;1-2/h4-14,19H,3H2,1-2H3,(H,28,31);4-7H,8-9H2,1-3H3;1-2H3. The summed E-state index contributed by atoms with van der Waals surface area (Å²) in [6, 6.07) is 20.7. The number of rotatable bonds is 4. The Bertz CT molecular complexity index is 1770. The molecule has 2 atom stereocenters. The van der Waals surface area contributed by atoms with Crippen LogP contribution in [0.1, 0.15) is 87.0 Å². The molecule has 6 rings (SSSR count). The lowest BCUT2D eigenvalue weighted by Gasteiger charge is -2.36. The smallest absolute Gasteiger partial charge is 0.416 e. The average Bonchev–Trinajstić information content (AvgIpc) is 3.73. The van der Waals surface area contributed by atoms with E-state index >= 15 is 0 Å². The zero-order valence-corrected chi connectivity index (χ0v) is 29.4. The van der Waals surface area contributed by atoms with E-state index in [9.17, 15) is 27.6 Å². The minimum Gasteiger partial charge on any atom is -0.444 e. The molecule has 2 unspecified atom stereocenters. The summed E-state index contributed by atoms with van der Waals surface area (Å²) < 4.78 is 46.1. The van der Waals surface area contributed by atoms with E-state index in [1.54, 1.807) is 22.7 Å². The van der Waals surface area contributed by atoms with E-state index in [-0.39, 0.29) is 17.6 Å². The largest absolute Gasteiger partial charge is 0.444 e. The molecule has 0 aliphatic carbocycles. The SMILES string of the molecule is CC.CC(C)(C)OC(=O)N1Cc2ccccc2C1.CCN1C(=O)C(NC(=O)c2cccc(C(F)(F)F)c2)C(C)c2cnn(-c3ccccc3)c21. The number of ether oxygens (including phenoxy) is 1. The lowest BCUT2D eigenvalue weighted by molar-refractivity contribution is -0.137. The molecule has 2 aliphatic rings. The number of carbonyl (C=O) groups is 3. The molecule has 3 heterocycles. The number of aromatic nitrogens is 2. The predicted octanol–water partition coefficient (Wildman–Crippen LogP) is 8.12. The maximum Gasteiger partial charge on any atom is 0.416 e. The van der Waals surface area contributed by atoms with Crippen LogP contribution in [0, 0.1) is 0 Å². The highest BCUT2D eigenvalue weighted by atomic mass is 19.4. The van der Waals surface area contributed by atoms with Crippen LogP contribution in [0.25, 0.3) is 5.69 Å². The number of nitrogens with zero attached hydrogens (tertiary/aromatic N) is 4. The first-order valence-electron chi connectivity index (χ1n) is 16.7. The molecule has 1 aromatic heterocycles. The molecular formula is C38H44F3N5O4. The topological polar surface area (TPSA) is 96.8 Å². The number of carbonyl (C=O) groups excluding carboxylic acids is 3. The molecule has 4 aromatic rings. The van der Waals surface area contributed by atoms with Crippen LogP contribution in [0.3, 0.4) is 0 Å². The monoisotopic (exact) mass is 691 g/mol. The van der Waals surface area contributed by atoms with Gasteiger partial charge in [0.05, 0.1) is 17.4 Å². The average molecular weight is 692 g/mol. The van der Waals surface area contributed by atoms with Crippen molar-refractivity contribution in [2.45, 2.75) is 85.3 Å². The molecule has 3 amide bonds. The van der Waals surface area contributed by atoms with E-state index in [1.165, 1.54) is 28.2 Å². The minimum absolute atomic E-state index is 0.159. The summed E-state index contributed by atoms with van der Waals surface area (Å²) in [6.45, 7) is 14.9. The second-order valence-corrected chi connectivity index (χ2v) is 12.7. The van der Waals surface area contributed by atoms with E-state index in [1.807, 2.05) is 84.0 Å². The second-order valence-electron chi connectivity index (χ2n) is 12.7. The summed E-state index contributed by atoms with van der Waals surface area (Å²) in [5, 5.41) is 7.08. The number of likely N-dealkylation sites (N-methyl/N-ethyl adjacent to an activating group) is 1. The number of nitrogens with one attached hydrogen (secondary N) is 1. The maximum absolute atomic E-state index is 13.3. The number of fused-ring (bicyclic) bond motifs is 2. The summed E-state index contributed by atoms with van der Waals surface area (Å²) in [5.74, 6) is -0.880. The van der Waals surface area contributed by atoms with Crippen molar-refractivity contribution in [1.82, 2.24) is 20.0 Å². The first-order chi connectivity index (χ1) is 23.7. The van der Waals surface area contributed by atoms with Crippen LogP contribution in [0.5, 0.6) is 0 Å². The molecule has 50 heavy (non-hydrogen) atoms. The third-order valence-electron chi connectivity index (χ3n) is 8.10. The molecule has 0 radical (unpaired) electrons. The Hall–Kier alpha value is -5.13. The van der Waals surface area contributed by atoms with Crippen LogP contribution in [-0.2, 0) is 28.8 Å².